The Hall–Kier alpha value is -2.08. The molecule has 0 aliphatic carbocycles. The number of methoxy groups -OCH3 is 1. The molecule has 1 N–H and O–H groups in total. The smallest absolute Gasteiger partial charge is 0.260 e. The minimum absolute atomic E-state index is 0.0180. The van der Waals surface area contributed by atoms with Crippen LogP contribution in [0, 0.1) is 5.92 Å². The predicted octanol–water partition coefficient (Wildman–Crippen LogP) is 3.08. The van der Waals surface area contributed by atoms with Crippen molar-refractivity contribution in [1.29, 1.82) is 0 Å². The van der Waals surface area contributed by atoms with Crippen LogP contribution in [-0.4, -0.2) is 49.1 Å². The first-order chi connectivity index (χ1) is 12.3. The van der Waals surface area contributed by atoms with E-state index in [1.165, 1.54) is 0 Å². The van der Waals surface area contributed by atoms with Crippen LogP contribution < -0.4 is 10.1 Å². The maximum Gasteiger partial charge on any atom is 0.260 e. The largest absolute Gasteiger partial charge is 0.484 e. The van der Waals surface area contributed by atoms with Crippen molar-refractivity contribution in [2.75, 3.05) is 32.1 Å². The third kappa shape index (κ3) is 5.46. The molecule has 144 valence electrons. The highest BCUT2D eigenvalue weighted by molar-refractivity contribution is 5.97. The Bertz CT molecular complexity index is 609. The Labute approximate surface area is 155 Å². The van der Waals surface area contributed by atoms with Crippen molar-refractivity contribution in [1.82, 2.24) is 4.90 Å². The summed E-state index contributed by atoms with van der Waals surface area (Å²) in [6, 6.07) is 7.02. The summed E-state index contributed by atoms with van der Waals surface area (Å²) in [6.45, 7) is 7.59. The standard InChI is InChI=1S/C20H30N2O4/c1-15(2)13-20(3,25-4)19(24)21-16-7-9-17(10-8-16)26-14-18(23)22-11-5-6-12-22/h7-10,15H,5-6,11-14H2,1-4H3,(H,21,24). The first kappa shape index (κ1) is 20.2. The molecule has 2 rings (SSSR count). The Morgan fingerprint density at radius 1 is 1.19 bits per heavy atom. The van der Waals surface area contributed by atoms with E-state index in [-0.39, 0.29) is 18.4 Å². The van der Waals surface area contributed by atoms with Crippen molar-refractivity contribution >= 4 is 17.5 Å². The number of carbonyl (C=O) groups is 2. The second-order valence-electron chi connectivity index (χ2n) is 7.39. The van der Waals surface area contributed by atoms with Crippen molar-refractivity contribution in [2.45, 2.75) is 45.6 Å². The molecule has 1 saturated heterocycles. The minimum Gasteiger partial charge on any atom is -0.484 e. The van der Waals surface area contributed by atoms with Gasteiger partial charge in [-0.2, -0.15) is 0 Å². The van der Waals surface area contributed by atoms with E-state index in [0.29, 0.717) is 23.8 Å². The van der Waals surface area contributed by atoms with Gasteiger partial charge in [-0.1, -0.05) is 13.8 Å². The van der Waals surface area contributed by atoms with Crippen LogP contribution in [0.2, 0.25) is 0 Å². The maximum absolute atomic E-state index is 12.5. The summed E-state index contributed by atoms with van der Waals surface area (Å²) in [4.78, 5) is 26.4. The van der Waals surface area contributed by atoms with E-state index >= 15 is 0 Å². The fraction of sp³-hybridized carbons (Fsp3) is 0.600. The lowest BCUT2D eigenvalue weighted by Gasteiger charge is -2.28. The van der Waals surface area contributed by atoms with Gasteiger partial charge in [0.25, 0.3) is 11.8 Å². The molecule has 0 bridgehead atoms. The molecule has 6 heteroatoms. The molecule has 1 heterocycles. The average molecular weight is 362 g/mol. The zero-order valence-electron chi connectivity index (χ0n) is 16.2. The van der Waals surface area contributed by atoms with E-state index < -0.39 is 5.60 Å². The second kappa shape index (κ2) is 9.03. The van der Waals surface area contributed by atoms with Crippen LogP contribution in [0.3, 0.4) is 0 Å². The van der Waals surface area contributed by atoms with Gasteiger partial charge < -0.3 is 19.7 Å². The van der Waals surface area contributed by atoms with Gasteiger partial charge in [0.1, 0.15) is 11.4 Å². The highest BCUT2D eigenvalue weighted by atomic mass is 16.5. The van der Waals surface area contributed by atoms with Crippen molar-refractivity contribution in [3.63, 3.8) is 0 Å². The van der Waals surface area contributed by atoms with E-state index in [2.05, 4.69) is 19.2 Å². The number of rotatable bonds is 8. The summed E-state index contributed by atoms with van der Waals surface area (Å²) in [5.74, 6) is 0.790. The summed E-state index contributed by atoms with van der Waals surface area (Å²) >= 11 is 0. The van der Waals surface area contributed by atoms with Crippen molar-refractivity contribution in [3.8, 4) is 5.75 Å². The van der Waals surface area contributed by atoms with Gasteiger partial charge in [0.15, 0.2) is 6.61 Å². The summed E-state index contributed by atoms with van der Waals surface area (Å²) in [5.41, 5.74) is -0.203. The zero-order chi connectivity index (χ0) is 19.2. The lowest BCUT2D eigenvalue weighted by atomic mass is 9.93. The van der Waals surface area contributed by atoms with Gasteiger partial charge >= 0.3 is 0 Å². The Balaban J connectivity index is 1.88. The van der Waals surface area contributed by atoms with Crippen LogP contribution in [0.1, 0.15) is 40.0 Å². The summed E-state index contributed by atoms with van der Waals surface area (Å²) in [6.07, 6.45) is 2.77. The monoisotopic (exact) mass is 362 g/mol. The molecule has 6 nitrogen and oxygen atoms in total. The number of amides is 2. The lowest BCUT2D eigenvalue weighted by molar-refractivity contribution is -0.137. The molecule has 1 aliphatic heterocycles. The molecule has 0 radical (unpaired) electrons. The van der Waals surface area contributed by atoms with Crippen LogP contribution in [0.15, 0.2) is 24.3 Å². The highest BCUT2D eigenvalue weighted by Crippen LogP contribution is 2.23. The predicted molar refractivity (Wildman–Crippen MR) is 101 cm³/mol. The third-order valence-electron chi connectivity index (χ3n) is 4.66. The normalized spacial score (nSPS) is 16.4. The molecule has 0 saturated carbocycles. The van der Waals surface area contributed by atoms with Crippen molar-refractivity contribution < 1.29 is 19.1 Å². The van der Waals surface area contributed by atoms with Crippen LogP contribution in [0.25, 0.3) is 0 Å². The van der Waals surface area contributed by atoms with Gasteiger partial charge in [-0.3, -0.25) is 9.59 Å². The number of hydrogen-bond acceptors (Lipinski definition) is 4. The molecule has 1 unspecified atom stereocenters. The SMILES string of the molecule is COC(C)(CC(C)C)C(=O)Nc1ccc(OCC(=O)N2CCCC2)cc1. The highest BCUT2D eigenvalue weighted by Gasteiger charge is 2.33. The quantitative estimate of drug-likeness (QED) is 0.772. The molecular weight excluding hydrogens is 332 g/mol. The summed E-state index contributed by atoms with van der Waals surface area (Å²) in [7, 11) is 1.55. The van der Waals surface area contributed by atoms with E-state index in [1.807, 2.05) is 4.90 Å². The van der Waals surface area contributed by atoms with Crippen molar-refractivity contribution in [2.24, 2.45) is 5.92 Å². The Morgan fingerprint density at radius 2 is 1.81 bits per heavy atom. The van der Waals surface area contributed by atoms with E-state index in [9.17, 15) is 9.59 Å². The fourth-order valence-electron chi connectivity index (χ4n) is 3.15. The molecule has 1 aromatic rings. The Morgan fingerprint density at radius 3 is 2.35 bits per heavy atom. The van der Waals surface area contributed by atoms with Gasteiger partial charge in [0.05, 0.1) is 0 Å². The first-order valence-electron chi connectivity index (χ1n) is 9.21. The van der Waals surface area contributed by atoms with Crippen molar-refractivity contribution in [3.05, 3.63) is 24.3 Å². The molecule has 0 spiro atoms. The first-order valence-corrected chi connectivity index (χ1v) is 9.21. The van der Waals surface area contributed by atoms with Gasteiger partial charge in [-0.25, -0.2) is 0 Å². The van der Waals surface area contributed by atoms with Gasteiger partial charge in [-0.05, 0) is 56.4 Å². The zero-order valence-corrected chi connectivity index (χ0v) is 16.2. The third-order valence-corrected chi connectivity index (χ3v) is 4.66. The molecule has 0 aromatic heterocycles. The molecule has 26 heavy (non-hydrogen) atoms. The van der Waals surface area contributed by atoms with Gasteiger partial charge in [0, 0.05) is 25.9 Å². The number of benzene rings is 1. The van der Waals surface area contributed by atoms with Gasteiger partial charge in [0.2, 0.25) is 0 Å². The molecular formula is C20H30N2O4. The number of nitrogens with zero attached hydrogens (tertiary/aromatic N) is 1. The number of ether oxygens (including phenoxy) is 2. The van der Waals surface area contributed by atoms with E-state index in [1.54, 1.807) is 38.3 Å². The second-order valence-corrected chi connectivity index (χ2v) is 7.39. The lowest BCUT2D eigenvalue weighted by Crippen LogP contribution is -2.43. The molecule has 1 atom stereocenters. The van der Waals surface area contributed by atoms with Gasteiger partial charge in [-0.15, -0.1) is 0 Å². The Kier molecular flexibility index (Phi) is 7.03. The van der Waals surface area contributed by atoms with E-state index in [0.717, 1.165) is 25.9 Å². The number of hydrogen-bond donors (Lipinski definition) is 1. The van der Waals surface area contributed by atoms with E-state index in [4.69, 9.17) is 9.47 Å². The molecule has 2 amide bonds. The maximum atomic E-state index is 12.5. The number of anilines is 1. The topological polar surface area (TPSA) is 67.9 Å². The number of nitrogens with one attached hydrogen (secondary N) is 1. The van der Waals surface area contributed by atoms with Crippen LogP contribution in [0.4, 0.5) is 5.69 Å². The minimum atomic E-state index is -0.870. The molecule has 1 aliphatic rings. The number of likely N-dealkylation sites (tertiary alicyclic amines) is 1. The molecule has 1 fully saturated rings. The summed E-state index contributed by atoms with van der Waals surface area (Å²) < 4.78 is 11.0. The van der Waals surface area contributed by atoms with Crippen LogP contribution in [0.5, 0.6) is 5.75 Å². The number of carbonyl (C=O) groups excluding carboxylic acids is 2. The molecule has 1 aromatic carbocycles. The van der Waals surface area contributed by atoms with Crippen LogP contribution >= 0.6 is 0 Å². The van der Waals surface area contributed by atoms with Crippen LogP contribution in [-0.2, 0) is 14.3 Å². The summed E-state index contributed by atoms with van der Waals surface area (Å²) in [5, 5.41) is 2.88. The average Bonchev–Trinajstić information content (AvgIpc) is 3.15. The fourth-order valence-corrected chi connectivity index (χ4v) is 3.15.